The summed E-state index contributed by atoms with van der Waals surface area (Å²) in [5.74, 6) is 0.729. The molecule has 0 atom stereocenters. The molecule has 0 saturated heterocycles. The summed E-state index contributed by atoms with van der Waals surface area (Å²) in [4.78, 5) is 25.0. The van der Waals surface area contributed by atoms with Crippen LogP contribution in [-0.4, -0.2) is 18.4 Å². The van der Waals surface area contributed by atoms with Crippen LogP contribution in [0, 0.1) is 0 Å². The van der Waals surface area contributed by atoms with Gasteiger partial charge in [-0.1, -0.05) is 18.2 Å². The first kappa shape index (κ1) is 20.5. The summed E-state index contributed by atoms with van der Waals surface area (Å²) >= 11 is 1.69. The fraction of sp³-hybridized carbons (Fsp3) is 0.130. The number of anilines is 1. The first-order chi connectivity index (χ1) is 14.1. The number of amides is 2. The molecular weight excluding hydrogens is 384 g/mol. The third kappa shape index (κ3) is 5.62. The lowest BCUT2D eigenvalue weighted by molar-refractivity contribution is 0.0998. The van der Waals surface area contributed by atoms with Gasteiger partial charge in [0.1, 0.15) is 5.75 Å². The van der Waals surface area contributed by atoms with E-state index in [2.05, 4.69) is 17.4 Å². The SMILES string of the molecule is CCOc1ccc(C(=O)Nc2ccc(C(N)=O)cc2)cc1CSc1ccccc1. The van der Waals surface area contributed by atoms with Gasteiger partial charge in [-0.3, -0.25) is 9.59 Å². The molecule has 3 rings (SSSR count). The van der Waals surface area contributed by atoms with Gasteiger partial charge in [-0.15, -0.1) is 11.8 Å². The second-order valence-electron chi connectivity index (χ2n) is 6.25. The molecule has 3 aromatic rings. The Hall–Kier alpha value is -3.25. The molecule has 0 heterocycles. The van der Waals surface area contributed by atoms with Crippen LogP contribution in [0.25, 0.3) is 0 Å². The van der Waals surface area contributed by atoms with Crippen LogP contribution in [-0.2, 0) is 5.75 Å². The standard InChI is InChI=1S/C23H22N2O3S/c1-2-28-21-13-10-17(14-18(21)15-29-20-6-4-3-5-7-20)23(27)25-19-11-8-16(9-12-19)22(24)26/h3-14H,2,15H2,1H3,(H2,24,26)(H,25,27). The summed E-state index contributed by atoms with van der Waals surface area (Å²) in [7, 11) is 0. The highest BCUT2D eigenvalue weighted by Crippen LogP contribution is 2.29. The van der Waals surface area contributed by atoms with Crippen molar-refractivity contribution in [3.8, 4) is 5.75 Å². The van der Waals surface area contributed by atoms with Gasteiger partial charge in [0.15, 0.2) is 0 Å². The molecule has 0 aliphatic rings. The predicted molar refractivity (Wildman–Crippen MR) is 117 cm³/mol. The maximum Gasteiger partial charge on any atom is 0.255 e. The fourth-order valence-electron chi connectivity index (χ4n) is 2.73. The van der Waals surface area contributed by atoms with E-state index in [1.54, 1.807) is 42.1 Å². The fourth-order valence-corrected chi connectivity index (χ4v) is 3.63. The number of nitrogens with one attached hydrogen (secondary N) is 1. The minimum absolute atomic E-state index is 0.231. The summed E-state index contributed by atoms with van der Waals surface area (Å²) in [6.45, 7) is 2.49. The molecule has 0 unspecified atom stereocenters. The average Bonchev–Trinajstić information content (AvgIpc) is 2.74. The van der Waals surface area contributed by atoms with Gasteiger partial charge in [0.2, 0.25) is 5.91 Å². The third-order valence-corrected chi connectivity index (χ3v) is 5.25. The molecule has 0 aliphatic heterocycles. The van der Waals surface area contributed by atoms with Gasteiger partial charge in [-0.2, -0.15) is 0 Å². The zero-order valence-corrected chi connectivity index (χ0v) is 16.9. The van der Waals surface area contributed by atoms with Crippen molar-refractivity contribution in [2.75, 3.05) is 11.9 Å². The van der Waals surface area contributed by atoms with E-state index in [0.717, 1.165) is 16.2 Å². The van der Waals surface area contributed by atoms with Crippen molar-refractivity contribution in [2.24, 2.45) is 5.73 Å². The van der Waals surface area contributed by atoms with Gasteiger partial charge in [0.05, 0.1) is 6.61 Å². The zero-order valence-electron chi connectivity index (χ0n) is 16.1. The van der Waals surface area contributed by atoms with Gasteiger partial charge < -0.3 is 15.8 Å². The van der Waals surface area contributed by atoms with Crippen LogP contribution in [0.4, 0.5) is 5.69 Å². The number of hydrogen-bond acceptors (Lipinski definition) is 4. The van der Waals surface area contributed by atoms with E-state index in [9.17, 15) is 9.59 Å². The lowest BCUT2D eigenvalue weighted by Gasteiger charge is -2.12. The van der Waals surface area contributed by atoms with Crippen LogP contribution < -0.4 is 15.8 Å². The van der Waals surface area contributed by atoms with E-state index in [1.165, 1.54) is 0 Å². The van der Waals surface area contributed by atoms with Crippen molar-refractivity contribution in [3.63, 3.8) is 0 Å². The largest absolute Gasteiger partial charge is 0.494 e. The molecule has 0 spiro atoms. The topological polar surface area (TPSA) is 81.4 Å². The van der Waals surface area contributed by atoms with E-state index in [4.69, 9.17) is 10.5 Å². The molecule has 0 bridgehead atoms. The van der Waals surface area contributed by atoms with E-state index in [1.807, 2.05) is 37.3 Å². The number of thioether (sulfide) groups is 1. The van der Waals surface area contributed by atoms with Crippen molar-refractivity contribution >= 4 is 29.3 Å². The molecule has 5 nitrogen and oxygen atoms in total. The molecule has 148 valence electrons. The Morgan fingerprint density at radius 1 is 0.966 bits per heavy atom. The Kier molecular flexibility index (Phi) is 6.92. The van der Waals surface area contributed by atoms with Crippen molar-refractivity contribution in [1.82, 2.24) is 0 Å². The maximum atomic E-state index is 12.7. The maximum absolute atomic E-state index is 12.7. The van der Waals surface area contributed by atoms with Gasteiger partial charge in [0.25, 0.3) is 5.91 Å². The number of rotatable bonds is 8. The number of benzene rings is 3. The molecule has 0 saturated carbocycles. The second-order valence-corrected chi connectivity index (χ2v) is 7.30. The summed E-state index contributed by atoms with van der Waals surface area (Å²) in [5, 5.41) is 2.84. The molecular formula is C23H22N2O3S. The number of nitrogens with two attached hydrogens (primary N) is 1. The number of hydrogen-bond donors (Lipinski definition) is 2. The van der Waals surface area contributed by atoms with Gasteiger partial charge in [-0.25, -0.2) is 0 Å². The van der Waals surface area contributed by atoms with Crippen molar-refractivity contribution in [2.45, 2.75) is 17.6 Å². The molecule has 29 heavy (non-hydrogen) atoms. The van der Waals surface area contributed by atoms with Crippen LogP contribution in [0.15, 0.2) is 77.7 Å². The normalized spacial score (nSPS) is 10.4. The minimum Gasteiger partial charge on any atom is -0.494 e. The Morgan fingerprint density at radius 3 is 2.31 bits per heavy atom. The summed E-state index contributed by atoms with van der Waals surface area (Å²) < 4.78 is 5.73. The molecule has 6 heteroatoms. The second kappa shape index (κ2) is 9.80. The van der Waals surface area contributed by atoms with E-state index >= 15 is 0 Å². The van der Waals surface area contributed by atoms with Crippen molar-refractivity contribution < 1.29 is 14.3 Å². The first-order valence-electron chi connectivity index (χ1n) is 9.21. The first-order valence-corrected chi connectivity index (χ1v) is 10.2. The van der Waals surface area contributed by atoms with E-state index in [-0.39, 0.29) is 5.91 Å². The van der Waals surface area contributed by atoms with Crippen LogP contribution in [0.1, 0.15) is 33.2 Å². The lowest BCUT2D eigenvalue weighted by Crippen LogP contribution is -2.14. The lowest BCUT2D eigenvalue weighted by atomic mass is 10.1. The number of carbonyl (C=O) groups is 2. The Morgan fingerprint density at radius 2 is 1.66 bits per heavy atom. The Balaban J connectivity index is 1.75. The Bertz CT molecular complexity index is 989. The third-order valence-electron chi connectivity index (χ3n) is 4.19. The highest BCUT2D eigenvalue weighted by Gasteiger charge is 2.12. The smallest absolute Gasteiger partial charge is 0.255 e. The minimum atomic E-state index is -0.505. The highest BCUT2D eigenvalue weighted by atomic mass is 32.2. The molecule has 0 aliphatic carbocycles. The summed E-state index contributed by atoms with van der Waals surface area (Å²) in [5.41, 5.74) is 7.72. The molecule has 0 fully saturated rings. The quantitative estimate of drug-likeness (QED) is 0.530. The number of ether oxygens (including phenoxy) is 1. The van der Waals surface area contributed by atoms with Crippen LogP contribution in [0.2, 0.25) is 0 Å². The van der Waals surface area contributed by atoms with Gasteiger partial charge in [0, 0.05) is 33.0 Å². The average molecular weight is 407 g/mol. The van der Waals surface area contributed by atoms with Crippen molar-refractivity contribution in [1.29, 1.82) is 0 Å². The van der Waals surface area contributed by atoms with E-state index < -0.39 is 5.91 Å². The van der Waals surface area contributed by atoms with Crippen LogP contribution in [0.5, 0.6) is 5.75 Å². The van der Waals surface area contributed by atoms with Crippen LogP contribution >= 0.6 is 11.8 Å². The zero-order chi connectivity index (χ0) is 20.6. The van der Waals surface area contributed by atoms with E-state index in [0.29, 0.717) is 29.2 Å². The van der Waals surface area contributed by atoms with Gasteiger partial charge in [-0.05, 0) is 61.5 Å². The number of carbonyl (C=O) groups excluding carboxylic acids is 2. The number of primary amides is 1. The van der Waals surface area contributed by atoms with Gasteiger partial charge >= 0.3 is 0 Å². The highest BCUT2D eigenvalue weighted by molar-refractivity contribution is 7.98. The molecule has 0 radical (unpaired) electrons. The Labute approximate surface area is 174 Å². The van der Waals surface area contributed by atoms with Crippen LogP contribution in [0.3, 0.4) is 0 Å². The monoisotopic (exact) mass is 406 g/mol. The molecule has 3 N–H and O–H groups in total. The molecule has 3 aromatic carbocycles. The molecule has 2 amide bonds. The molecule has 0 aromatic heterocycles. The predicted octanol–water partition coefficient (Wildman–Crippen LogP) is 4.73. The summed E-state index contributed by atoms with van der Waals surface area (Å²) in [6.07, 6.45) is 0. The summed E-state index contributed by atoms with van der Waals surface area (Å²) in [6, 6.07) is 22.0. The van der Waals surface area contributed by atoms with Crippen molar-refractivity contribution in [3.05, 3.63) is 89.5 Å².